The third kappa shape index (κ3) is 1.39. The summed E-state index contributed by atoms with van der Waals surface area (Å²) in [5.74, 6) is -0.223. The predicted octanol–water partition coefficient (Wildman–Crippen LogP) is 1.30. The topological polar surface area (TPSA) is 27.6 Å². The Morgan fingerprint density at radius 2 is 2.21 bits per heavy atom. The molecule has 0 aliphatic carbocycles. The summed E-state index contributed by atoms with van der Waals surface area (Å²) in [7, 11) is 0. The van der Waals surface area contributed by atoms with E-state index >= 15 is 0 Å². The van der Waals surface area contributed by atoms with Gasteiger partial charge in [-0.25, -0.2) is 9.89 Å². The monoisotopic (exact) mass is 199 g/mol. The fraction of sp³-hybridized carbons (Fsp3) is 0.125. The van der Waals surface area contributed by atoms with Crippen molar-refractivity contribution in [3.63, 3.8) is 0 Å². The van der Waals surface area contributed by atoms with Crippen LogP contribution in [0.4, 0.5) is 13.2 Å². The molecule has 6 heteroatoms. The van der Waals surface area contributed by atoms with Crippen LogP contribution in [0, 0.1) is 12.3 Å². The quantitative estimate of drug-likeness (QED) is 0.595. The zero-order valence-corrected chi connectivity index (χ0v) is 6.76. The summed E-state index contributed by atoms with van der Waals surface area (Å²) >= 11 is 0. The number of hydrogen-bond acceptors (Lipinski definition) is 3. The first-order valence-corrected chi connectivity index (χ1v) is 3.66. The molecule has 0 bridgehead atoms. The molecule has 72 valence electrons. The van der Waals surface area contributed by atoms with Crippen molar-refractivity contribution >= 4 is 5.84 Å². The standard InChI is InChI=1S/C8H4F3N3/c9-8(10,11)14-5-1-2-6-7(14)13-4-3-12-6/h2-3,5,12H. The van der Waals surface area contributed by atoms with Crippen LogP contribution in [0.25, 0.3) is 0 Å². The third-order valence-corrected chi connectivity index (χ3v) is 1.64. The van der Waals surface area contributed by atoms with Gasteiger partial charge >= 0.3 is 6.30 Å². The summed E-state index contributed by atoms with van der Waals surface area (Å²) in [6, 6.07) is 0. The Hall–Kier alpha value is -1.72. The normalized spacial score (nSPS) is 19.8. The van der Waals surface area contributed by atoms with Crippen LogP contribution < -0.4 is 5.32 Å². The van der Waals surface area contributed by atoms with Crippen LogP contribution in [0.15, 0.2) is 29.2 Å². The number of alkyl halides is 3. The number of aliphatic imine (C=N–C) groups is 1. The summed E-state index contributed by atoms with van der Waals surface area (Å²) in [4.78, 5) is 3.59. The fourth-order valence-electron chi connectivity index (χ4n) is 1.07. The van der Waals surface area contributed by atoms with Gasteiger partial charge in [0.15, 0.2) is 5.84 Å². The van der Waals surface area contributed by atoms with E-state index in [1.165, 1.54) is 12.3 Å². The van der Waals surface area contributed by atoms with Gasteiger partial charge in [-0.05, 0) is 6.08 Å². The van der Waals surface area contributed by atoms with E-state index in [1.54, 1.807) is 0 Å². The molecular formula is C8H4F3N3. The van der Waals surface area contributed by atoms with Gasteiger partial charge in [0.2, 0.25) is 0 Å². The lowest BCUT2D eigenvalue weighted by atomic mass is 10.2. The molecule has 2 radical (unpaired) electrons. The average Bonchev–Trinajstić information content (AvgIpc) is 2.15. The van der Waals surface area contributed by atoms with Crippen molar-refractivity contribution in [2.75, 3.05) is 0 Å². The molecule has 0 aromatic carbocycles. The highest BCUT2D eigenvalue weighted by atomic mass is 19.4. The van der Waals surface area contributed by atoms with Crippen molar-refractivity contribution in [3.8, 4) is 0 Å². The summed E-state index contributed by atoms with van der Waals surface area (Å²) in [5.41, 5.74) is 0.253. The molecule has 0 spiro atoms. The SMILES string of the molecule is FC(F)(F)N1C=[C]C=C2NC=[C]N=C21. The van der Waals surface area contributed by atoms with Crippen LogP contribution in [-0.4, -0.2) is 17.0 Å². The molecule has 3 nitrogen and oxygen atoms in total. The Morgan fingerprint density at radius 3 is 2.93 bits per heavy atom. The molecule has 0 aromatic heterocycles. The van der Waals surface area contributed by atoms with Gasteiger partial charge in [-0.2, -0.15) is 0 Å². The van der Waals surface area contributed by atoms with Crippen molar-refractivity contribution in [2.24, 2.45) is 4.99 Å². The minimum absolute atomic E-state index is 0.0787. The Bertz CT molecular complexity index is 363. The van der Waals surface area contributed by atoms with Gasteiger partial charge < -0.3 is 5.32 Å². The number of hydrogen-bond donors (Lipinski definition) is 1. The Labute approximate surface area is 77.9 Å². The van der Waals surface area contributed by atoms with Crippen LogP contribution in [0.1, 0.15) is 0 Å². The number of halogens is 3. The molecule has 0 atom stereocenters. The van der Waals surface area contributed by atoms with Crippen molar-refractivity contribution in [2.45, 2.75) is 6.30 Å². The van der Waals surface area contributed by atoms with Crippen molar-refractivity contribution in [1.29, 1.82) is 0 Å². The van der Waals surface area contributed by atoms with Gasteiger partial charge in [0.05, 0.1) is 5.70 Å². The maximum absolute atomic E-state index is 12.4. The molecule has 2 rings (SSSR count). The van der Waals surface area contributed by atoms with Crippen LogP contribution in [0.5, 0.6) is 0 Å². The fourth-order valence-corrected chi connectivity index (χ4v) is 1.07. The lowest BCUT2D eigenvalue weighted by Gasteiger charge is -2.28. The van der Waals surface area contributed by atoms with Gasteiger partial charge in [-0.3, -0.25) is 0 Å². The predicted molar refractivity (Wildman–Crippen MR) is 42.2 cm³/mol. The number of nitrogens with one attached hydrogen (secondary N) is 1. The first-order valence-electron chi connectivity index (χ1n) is 3.66. The summed E-state index contributed by atoms with van der Waals surface area (Å²) < 4.78 is 37.2. The molecule has 0 fully saturated rings. The smallest absolute Gasteiger partial charge is 0.357 e. The largest absolute Gasteiger partial charge is 0.490 e. The Morgan fingerprint density at radius 1 is 1.43 bits per heavy atom. The van der Waals surface area contributed by atoms with Gasteiger partial charge in [0, 0.05) is 18.5 Å². The number of rotatable bonds is 0. The Balaban J connectivity index is 2.38. The number of fused-ring (bicyclic) bond motifs is 1. The molecule has 0 aromatic rings. The van der Waals surface area contributed by atoms with Crippen molar-refractivity contribution < 1.29 is 13.2 Å². The summed E-state index contributed by atoms with van der Waals surface area (Å²) in [6.07, 6.45) is 3.69. The maximum Gasteiger partial charge on any atom is 0.490 e. The molecule has 2 heterocycles. The van der Waals surface area contributed by atoms with E-state index in [-0.39, 0.29) is 16.4 Å². The lowest BCUT2D eigenvalue weighted by molar-refractivity contribution is -0.202. The minimum Gasteiger partial charge on any atom is -0.357 e. The number of nitrogens with zero attached hydrogens (tertiary/aromatic N) is 2. The van der Waals surface area contributed by atoms with E-state index in [9.17, 15) is 13.2 Å². The average molecular weight is 199 g/mol. The second-order valence-corrected chi connectivity index (χ2v) is 2.54. The van der Waals surface area contributed by atoms with Gasteiger partial charge in [-0.15, -0.1) is 13.2 Å². The van der Waals surface area contributed by atoms with Crippen molar-refractivity contribution in [3.05, 3.63) is 36.4 Å². The van der Waals surface area contributed by atoms with E-state index in [0.29, 0.717) is 0 Å². The molecule has 2 aliphatic heterocycles. The van der Waals surface area contributed by atoms with Crippen LogP contribution in [0.3, 0.4) is 0 Å². The van der Waals surface area contributed by atoms with E-state index in [4.69, 9.17) is 0 Å². The molecule has 0 amide bonds. The first kappa shape index (κ1) is 8.86. The number of amidine groups is 1. The van der Waals surface area contributed by atoms with Crippen molar-refractivity contribution in [1.82, 2.24) is 10.2 Å². The molecule has 0 unspecified atom stereocenters. The molecular weight excluding hydrogens is 195 g/mol. The van der Waals surface area contributed by atoms with Crippen LogP contribution in [-0.2, 0) is 0 Å². The van der Waals surface area contributed by atoms with Gasteiger partial charge in [0.1, 0.15) is 6.20 Å². The Kier molecular flexibility index (Phi) is 1.83. The minimum atomic E-state index is -4.49. The first-order chi connectivity index (χ1) is 6.59. The molecule has 1 N–H and O–H groups in total. The number of allylic oxidation sites excluding steroid dienone is 2. The third-order valence-electron chi connectivity index (χ3n) is 1.64. The zero-order valence-electron chi connectivity index (χ0n) is 6.76. The molecule has 14 heavy (non-hydrogen) atoms. The highest BCUT2D eigenvalue weighted by Crippen LogP contribution is 2.26. The van der Waals surface area contributed by atoms with E-state index in [1.807, 2.05) is 0 Å². The van der Waals surface area contributed by atoms with E-state index in [0.717, 1.165) is 6.20 Å². The lowest BCUT2D eigenvalue weighted by Crippen LogP contribution is -2.43. The second kappa shape index (κ2) is 2.90. The maximum atomic E-state index is 12.4. The summed E-state index contributed by atoms with van der Waals surface area (Å²) in [5, 5.41) is 2.59. The van der Waals surface area contributed by atoms with Crippen LogP contribution >= 0.6 is 0 Å². The highest BCUT2D eigenvalue weighted by molar-refractivity contribution is 6.00. The van der Waals surface area contributed by atoms with Crippen LogP contribution in [0.2, 0.25) is 0 Å². The van der Waals surface area contributed by atoms with E-state index < -0.39 is 6.30 Å². The molecule has 2 aliphatic rings. The second-order valence-electron chi connectivity index (χ2n) is 2.54. The highest BCUT2D eigenvalue weighted by Gasteiger charge is 2.40. The van der Waals surface area contributed by atoms with Gasteiger partial charge in [-0.1, -0.05) is 0 Å². The molecule has 0 saturated carbocycles. The summed E-state index contributed by atoms with van der Waals surface area (Å²) in [6.45, 7) is 0. The zero-order chi connectivity index (χ0) is 10.2. The van der Waals surface area contributed by atoms with E-state index in [2.05, 4.69) is 22.6 Å². The van der Waals surface area contributed by atoms with Gasteiger partial charge in [0.25, 0.3) is 0 Å². The molecule has 0 saturated heterocycles.